The van der Waals surface area contributed by atoms with Crippen LogP contribution in [-0.4, -0.2) is 18.0 Å². The van der Waals surface area contributed by atoms with Crippen LogP contribution < -0.4 is 9.47 Å². The number of hydrogen-bond donors (Lipinski definition) is 0. The maximum Gasteiger partial charge on any atom is 0.135 e. The van der Waals surface area contributed by atoms with Gasteiger partial charge in [-0.25, -0.2) is 0 Å². The van der Waals surface area contributed by atoms with Crippen LogP contribution in [0.3, 0.4) is 0 Å². The minimum absolute atomic E-state index is 0.159. The van der Waals surface area contributed by atoms with Gasteiger partial charge in [-0.1, -0.05) is 29.8 Å². The summed E-state index contributed by atoms with van der Waals surface area (Å²) in [5, 5.41) is 0. The maximum atomic E-state index is 6.08. The van der Waals surface area contributed by atoms with E-state index in [1.54, 1.807) is 7.11 Å². The van der Waals surface area contributed by atoms with E-state index in [-0.39, 0.29) is 11.5 Å². The first-order valence-electron chi connectivity index (χ1n) is 5.70. The van der Waals surface area contributed by atoms with E-state index < -0.39 is 0 Å². The molecule has 18 heavy (non-hydrogen) atoms. The van der Waals surface area contributed by atoms with E-state index >= 15 is 0 Å². The zero-order valence-electron chi connectivity index (χ0n) is 10.5. The minimum Gasteiger partial charge on any atom is -0.496 e. The number of methoxy groups -OCH3 is 1. The second kappa shape index (κ2) is 5.33. The minimum atomic E-state index is 0.159. The van der Waals surface area contributed by atoms with Crippen molar-refractivity contribution in [3.63, 3.8) is 0 Å². The van der Waals surface area contributed by atoms with Gasteiger partial charge in [-0.05, 0) is 50.4 Å². The molecule has 0 heterocycles. The highest BCUT2D eigenvalue weighted by Gasteiger charge is 2.48. The van der Waals surface area contributed by atoms with Crippen molar-refractivity contribution in [2.45, 2.75) is 31.2 Å². The molecule has 100 valence electrons. The lowest BCUT2D eigenvalue weighted by Gasteiger charge is -2.48. The first-order valence-corrected chi connectivity index (χ1v) is 8.20. The van der Waals surface area contributed by atoms with Crippen LogP contribution in [0, 0.1) is 5.41 Å². The predicted molar refractivity (Wildman–Crippen MR) is 83.9 cm³/mol. The molecule has 2 atom stereocenters. The Morgan fingerprint density at radius 3 is 2.22 bits per heavy atom. The molecule has 0 N–H and O–H groups in total. The highest BCUT2D eigenvalue weighted by molar-refractivity contribution is 9.11. The molecule has 2 rings (SSSR count). The largest absolute Gasteiger partial charge is 0.496 e. The number of halogens is 3. The van der Waals surface area contributed by atoms with Crippen LogP contribution in [0.2, 0.25) is 0 Å². The van der Waals surface area contributed by atoms with Gasteiger partial charge in [0.2, 0.25) is 0 Å². The van der Waals surface area contributed by atoms with Crippen molar-refractivity contribution < 1.29 is 9.47 Å². The summed E-state index contributed by atoms with van der Waals surface area (Å²) >= 11 is 10.7. The lowest BCUT2D eigenvalue weighted by Crippen LogP contribution is -2.53. The lowest BCUT2D eigenvalue weighted by molar-refractivity contribution is -0.00836. The Bertz CT molecular complexity index is 460. The van der Waals surface area contributed by atoms with E-state index in [1.807, 2.05) is 12.1 Å². The van der Waals surface area contributed by atoms with Crippen molar-refractivity contribution in [1.29, 1.82) is 0 Å². The lowest BCUT2D eigenvalue weighted by atomic mass is 9.69. The molecular weight excluding hydrogens is 428 g/mol. The number of benzene rings is 1. The Balaban J connectivity index is 2.18. The maximum absolute atomic E-state index is 6.08. The van der Waals surface area contributed by atoms with Crippen molar-refractivity contribution in [2.75, 3.05) is 7.11 Å². The summed E-state index contributed by atoms with van der Waals surface area (Å²) in [5.41, 5.74) is 0.159. The number of rotatable bonds is 3. The highest BCUT2D eigenvalue weighted by Crippen LogP contribution is 2.48. The second-order valence-electron chi connectivity index (χ2n) is 5.05. The third-order valence-corrected chi connectivity index (χ3v) is 6.33. The van der Waals surface area contributed by atoms with Crippen LogP contribution >= 0.6 is 47.8 Å². The van der Waals surface area contributed by atoms with Crippen molar-refractivity contribution in [3.8, 4) is 11.5 Å². The smallest absolute Gasteiger partial charge is 0.135 e. The van der Waals surface area contributed by atoms with Crippen molar-refractivity contribution >= 4 is 47.8 Å². The Kier molecular flexibility index (Phi) is 4.34. The number of alkyl halides is 1. The van der Waals surface area contributed by atoms with Crippen molar-refractivity contribution in [3.05, 3.63) is 21.1 Å². The van der Waals surface area contributed by atoms with Gasteiger partial charge in [0.25, 0.3) is 0 Å². The summed E-state index contributed by atoms with van der Waals surface area (Å²) in [6.07, 6.45) is 1.27. The first-order chi connectivity index (χ1) is 8.36. The Hall–Kier alpha value is 0.260. The summed E-state index contributed by atoms with van der Waals surface area (Å²) in [7, 11) is 1.65. The molecule has 1 aromatic rings. The van der Waals surface area contributed by atoms with Gasteiger partial charge in [-0.2, -0.15) is 0 Å². The quantitative estimate of drug-likeness (QED) is 0.602. The predicted octanol–water partition coefficient (Wildman–Crippen LogP) is 5.16. The second-order valence-corrected chi connectivity index (χ2v) is 7.86. The summed E-state index contributed by atoms with van der Waals surface area (Å²) in [6.45, 7) is 4.43. The molecule has 1 aromatic carbocycles. The van der Waals surface area contributed by atoms with Crippen molar-refractivity contribution in [2.24, 2.45) is 5.41 Å². The Morgan fingerprint density at radius 1 is 1.17 bits per heavy atom. The average molecular weight is 443 g/mol. The highest BCUT2D eigenvalue weighted by atomic mass is 79.9. The van der Waals surface area contributed by atoms with E-state index in [0.717, 1.165) is 26.9 Å². The fourth-order valence-electron chi connectivity index (χ4n) is 1.95. The van der Waals surface area contributed by atoms with Crippen LogP contribution in [0.15, 0.2) is 21.1 Å². The van der Waals surface area contributed by atoms with Crippen LogP contribution in [0.5, 0.6) is 11.5 Å². The summed E-state index contributed by atoms with van der Waals surface area (Å²) in [5.74, 6) is 1.64. The van der Waals surface area contributed by atoms with E-state index in [1.165, 1.54) is 0 Å². The van der Waals surface area contributed by atoms with Gasteiger partial charge in [-0.15, -0.1) is 0 Å². The molecular formula is C13H15Br3O2. The zero-order chi connectivity index (χ0) is 13.5. The number of ether oxygens (including phenoxy) is 2. The third kappa shape index (κ3) is 2.59. The molecule has 1 fully saturated rings. The van der Waals surface area contributed by atoms with E-state index in [2.05, 4.69) is 61.6 Å². The molecule has 2 nitrogen and oxygen atoms in total. The molecule has 0 aromatic heterocycles. The number of hydrogen-bond acceptors (Lipinski definition) is 2. The summed E-state index contributed by atoms with van der Waals surface area (Å²) < 4.78 is 13.1. The molecule has 0 radical (unpaired) electrons. The fraction of sp³-hybridized carbons (Fsp3) is 0.538. The van der Waals surface area contributed by atoms with Gasteiger partial charge in [0.15, 0.2) is 0 Å². The van der Waals surface area contributed by atoms with Crippen molar-refractivity contribution in [1.82, 2.24) is 0 Å². The van der Waals surface area contributed by atoms with Gasteiger partial charge in [0.1, 0.15) is 17.6 Å². The van der Waals surface area contributed by atoms with Crippen LogP contribution in [0.1, 0.15) is 20.3 Å². The van der Waals surface area contributed by atoms with Crippen LogP contribution in [-0.2, 0) is 0 Å². The average Bonchev–Trinajstić information content (AvgIpc) is 2.32. The monoisotopic (exact) mass is 440 g/mol. The van der Waals surface area contributed by atoms with E-state index in [0.29, 0.717) is 4.83 Å². The molecule has 0 amide bonds. The zero-order valence-corrected chi connectivity index (χ0v) is 15.2. The van der Waals surface area contributed by atoms with Gasteiger partial charge in [-0.3, -0.25) is 0 Å². The SMILES string of the molecule is COc1cc(Br)c(OC2CC(Br)C2(C)C)cc1Br. The fourth-order valence-corrected chi connectivity index (χ4v) is 3.48. The molecule has 0 saturated heterocycles. The molecule has 1 aliphatic rings. The van der Waals surface area contributed by atoms with E-state index in [4.69, 9.17) is 9.47 Å². The van der Waals surface area contributed by atoms with Gasteiger partial charge >= 0.3 is 0 Å². The summed E-state index contributed by atoms with van der Waals surface area (Å²) in [6, 6.07) is 3.86. The Morgan fingerprint density at radius 2 is 1.72 bits per heavy atom. The normalized spacial score (nSPS) is 25.4. The first kappa shape index (κ1) is 14.7. The topological polar surface area (TPSA) is 18.5 Å². The molecule has 1 saturated carbocycles. The molecule has 0 bridgehead atoms. The molecule has 0 aliphatic heterocycles. The summed E-state index contributed by atoms with van der Waals surface area (Å²) in [4.78, 5) is 0.524. The van der Waals surface area contributed by atoms with Crippen LogP contribution in [0.25, 0.3) is 0 Å². The van der Waals surface area contributed by atoms with Gasteiger partial charge in [0, 0.05) is 10.2 Å². The molecule has 2 unspecified atom stereocenters. The molecule has 0 spiro atoms. The van der Waals surface area contributed by atoms with Gasteiger partial charge < -0.3 is 9.47 Å². The van der Waals surface area contributed by atoms with Crippen LogP contribution in [0.4, 0.5) is 0 Å². The van der Waals surface area contributed by atoms with E-state index in [9.17, 15) is 0 Å². The standard InChI is InChI=1S/C13H15Br3O2/c1-13(2)11(16)6-12(13)18-10-5-7(14)9(17-3)4-8(10)15/h4-5,11-12H,6H2,1-3H3. The third-order valence-electron chi connectivity index (χ3n) is 3.53. The van der Waals surface area contributed by atoms with Gasteiger partial charge in [0.05, 0.1) is 16.1 Å². The molecule has 5 heteroatoms. The Labute approximate surface area is 133 Å². The molecule has 1 aliphatic carbocycles.